The summed E-state index contributed by atoms with van der Waals surface area (Å²) >= 11 is 0. The molecule has 11 heteroatoms. The lowest BCUT2D eigenvalue weighted by molar-refractivity contribution is -0.141. The number of hydrogen-bond acceptors (Lipinski definition) is 8. The summed E-state index contributed by atoms with van der Waals surface area (Å²) in [6.07, 6.45) is -3.99. The van der Waals surface area contributed by atoms with Crippen LogP contribution in [-0.2, 0) is 30.0 Å². The zero-order valence-corrected chi connectivity index (χ0v) is 18.3. The lowest BCUT2D eigenvalue weighted by Crippen LogP contribution is -2.16. The molecule has 2 aromatic rings. The van der Waals surface area contributed by atoms with Gasteiger partial charge < -0.3 is 23.7 Å². The number of carbonyl (C=O) groups is 3. The zero-order chi connectivity index (χ0) is 25.8. The summed E-state index contributed by atoms with van der Waals surface area (Å²) in [6.45, 7) is 6.45. The first kappa shape index (κ1) is 27.1. The van der Waals surface area contributed by atoms with Crippen molar-refractivity contribution in [1.29, 1.82) is 0 Å². The van der Waals surface area contributed by atoms with Crippen molar-refractivity contribution in [2.75, 3.05) is 26.4 Å². The molecule has 0 spiro atoms. The molecule has 0 radical (unpaired) electrons. The highest BCUT2D eigenvalue weighted by molar-refractivity contribution is 5.84. The molecule has 0 aliphatic rings. The van der Waals surface area contributed by atoms with Gasteiger partial charge in [-0.15, -0.1) is 0 Å². The molecule has 8 nitrogen and oxygen atoms in total. The number of carbonyl (C=O) groups excluding carboxylic acids is 3. The van der Waals surface area contributed by atoms with Gasteiger partial charge in [0.05, 0.1) is 18.8 Å². The Morgan fingerprint density at radius 3 is 1.97 bits per heavy atom. The van der Waals surface area contributed by atoms with Gasteiger partial charge in [0.25, 0.3) is 0 Å². The van der Waals surface area contributed by atoms with Crippen LogP contribution in [0.15, 0.2) is 67.8 Å². The molecule has 2 rings (SSSR count). The summed E-state index contributed by atoms with van der Waals surface area (Å²) < 4.78 is 64.6. The number of rotatable bonds is 11. The second-order valence-corrected chi connectivity index (χ2v) is 6.54. The Hall–Kier alpha value is -4.12. The zero-order valence-electron chi connectivity index (χ0n) is 18.3. The molecule has 0 aliphatic carbocycles. The van der Waals surface area contributed by atoms with Crippen LogP contribution in [0.2, 0.25) is 0 Å². The minimum atomic E-state index is -4.76. The fourth-order valence-corrected chi connectivity index (χ4v) is 2.56. The van der Waals surface area contributed by atoms with Gasteiger partial charge in [-0.1, -0.05) is 31.4 Å². The van der Waals surface area contributed by atoms with Crippen LogP contribution in [0.25, 0.3) is 11.1 Å². The summed E-state index contributed by atoms with van der Waals surface area (Å²) in [7, 11) is 0. The predicted molar refractivity (Wildman–Crippen MR) is 117 cm³/mol. The molecule has 0 unspecified atom stereocenters. The van der Waals surface area contributed by atoms with Crippen molar-refractivity contribution in [3.63, 3.8) is 0 Å². The van der Waals surface area contributed by atoms with Gasteiger partial charge in [0.15, 0.2) is 0 Å². The molecule has 186 valence electrons. The van der Waals surface area contributed by atoms with Crippen molar-refractivity contribution >= 4 is 18.1 Å². The SMILES string of the molecule is C=CC(=O)OCCOCCOC(=O)Oc1ccc(-c2ccc(OC(=O)C=C)c(C(F)(F)F)c2)cc1. The Bertz CT molecular complexity index is 1060. The molecule has 35 heavy (non-hydrogen) atoms. The fourth-order valence-electron chi connectivity index (χ4n) is 2.56. The average Bonchev–Trinajstić information content (AvgIpc) is 2.83. The van der Waals surface area contributed by atoms with E-state index in [1.165, 1.54) is 30.3 Å². The highest BCUT2D eigenvalue weighted by atomic mass is 19.4. The second kappa shape index (κ2) is 12.9. The van der Waals surface area contributed by atoms with Crippen molar-refractivity contribution in [2.24, 2.45) is 0 Å². The van der Waals surface area contributed by atoms with Crippen molar-refractivity contribution in [3.05, 3.63) is 73.3 Å². The first-order chi connectivity index (χ1) is 16.6. The molecule has 0 aromatic heterocycles. The topological polar surface area (TPSA) is 97.4 Å². The lowest BCUT2D eigenvalue weighted by Gasteiger charge is -2.14. The normalized spacial score (nSPS) is 10.7. The van der Waals surface area contributed by atoms with E-state index in [2.05, 4.69) is 17.9 Å². The smallest absolute Gasteiger partial charge is 0.460 e. The van der Waals surface area contributed by atoms with Crippen LogP contribution in [0.1, 0.15) is 5.56 Å². The van der Waals surface area contributed by atoms with E-state index in [9.17, 15) is 27.6 Å². The quantitative estimate of drug-likeness (QED) is 0.146. The third-order valence-corrected chi connectivity index (χ3v) is 4.14. The minimum Gasteiger partial charge on any atom is -0.460 e. The molecule has 0 fully saturated rings. The van der Waals surface area contributed by atoms with Gasteiger partial charge in [-0.05, 0) is 35.4 Å². The summed E-state index contributed by atoms with van der Waals surface area (Å²) in [5.41, 5.74) is -0.542. The molecular formula is C24H21F3O8. The summed E-state index contributed by atoms with van der Waals surface area (Å²) in [4.78, 5) is 33.9. The molecule has 0 bridgehead atoms. The third-order valence-electron chi connectivity index (χ3n) is 4.14. The van der Waals surface area contributed by atoms with Crippen LogP contribution in [0.4, 0.5) is 18.0 Å². The van der Waals surface area contributed by atoms with Crippen LogP contribution in [-0.4, -0.2) is 44.5 Å². The van der Waals surface area contributed by atoms with Gasteiger partial charge in [0.2, 0.25) is 0 Å². The first-order valence-corrected chi connectivity index (χ1v) is 10.0. The van der Waals surface area contributed by atoms with E-state index in [4.69, 9.17) is 18.9 Å². The van der Waals surface area contributed by atoms with E-state index in [0.29, 0.717) is 5.56 Å². The number of benzene rings is 2. The molecule has 0 heterocycles. The van der Waals surface area contributed by atoms with Gasteiger partial charge in [-0.25, -0.2) is 14.4 Å². The molecule has 0 N–H and O–H groups in total. The number of halogens is 3. The van der Waals surface area contributed by atoms with Crippen molar-refractivity contribution in [1.82, 2.24) is 0 Å². The van der Waals surface area contributed by atoms with Crippen LogP contribution >= 0.6 is 0 Å². The fraction of sp³-hybridized carbons (Fsp3) is 0.208. The number of alkyl halides is 3. The molecule has 0 atom stereocenters. The Morgan fingerprint density at radius 2 is 1.37 bits per heavy atom. The molecular weight excluding hydrogens is 473 g/mol. The standard InChI is InChI=1S/C24H21F3O8/c1-3-21(28)32-13-11-31-12-14-33-23(30)34-18-8-5-16(6-9-18)17-7-10-20(35-22(29)4-2)19(15-17)24(25,26)27/h3-10,15H,1-2,11-14H2. The summed E-state index contributed by atoms with van der Waals surface area (Å²) in [5, 5.41) is 0. The highest BCUT2D eigenvalue weighted by Gasteiger charge is 2.35. The highest BCUT2D eigenvalue weighted by Crippen LogP contribution is 2.39. The Kier molecular flexibility index (Phi) is 10.0. The van der Waals surface area contributed by atoms with Gasteiger partial charge in [-0.2, -0.15) is 13.2 Å². The molecule has 0 amide bonds. The van der Waals surface area contributed by atoms with Gasteiger partial charge in [-0.3, -0.25) is 0 Å². The molecule has 2 aromatic carbocycles. The van der Waals surface area contributed by atoms with Crippen molar-refractivity contribution < 1.29 is 51.2 Å². The van der Waals surface area contributed by atoms with Gasteiger partial charge in [0.1, 0.15) is 24.7 Å². The van der Waals surface area contributed by atoms with E-state index in [-0.39, 0.29) is 37.7 Å². The molecule has 0 aliphatic heterocycles. The minimum absolute atomic E-state index is 0.0226. The molecule has 0 saturated carbocycles. The van der Waals surface area contributed by atoms with Crippen LogP contribution in [0.5, 0.6) is 11.5 Å². The van der Waals surface area contributed by atoms with Crippen molar-refractivity contribution in [3.8, 4) is 22.6 Å². The van der Waals surface area contributed by atoms with E-state index in [1.807, 2.05) is 0 Å². The number of hydrogen-bond donors (Lipinski definition) is 0. The van der Waals surface area contributed by atoms with E-state index in [0.717, 1.165) is 24.3 Å². The van der Waals surface area contributed by atoms with E-state index < -0.39 is 35.6 Å². The van der Waals surface area contributed by atoms with Crippen LogP contribution in [0.3, 0.4) is 0 Å². The summed E-state index contributed by atoms with van der Waals surface area (Å²) in [6, 6.07) is 8.87. The molecule has 0 saturated heterocycles. The van der Waals surface area contributed by atoms with E-state index in [1.54, 1.807) is 0 Å². The lowest BCUT2D eigenvalue weighted by atomic mass is 10.0. The third kappa shape index (κ3) is 8.97. The Balaban J connectivity index is 1.91. The van der Waals surface area contributed by atoms with Crippen LogP contribution in [0, 0.1) is 0 Å². The van der Waals surface area contributed by atoms with Gasteiger partial charge >= 0.3 is 24.3 Å². The first-order valence-electron chi connectivity index (χ1n) is 10.0. The Morgan fingerprint density at radius 1 is 0.771 bits per heavy atom. The number of esters is 2. The van der Waals surface area contributed by atoms with Crippen molar-refractivity contribution in [2.45, 2.75) is 6.18 Å². The monoisotopic (exact) mass is 494 g/mol. The summed E-state index contributed by atoms with van der Waals surface area (Å²) in [5.74, 6) is -2.14. The maximum absolute atomic E-state index is 13.4. The van der Waals surface area contributed by atoms with E-state index >= 15 is 0 Å². The largest absolute Gasteiger partial charge is 0.513 e. The van der Waals surface area contributed by atoms with Gasteiger partial charge in [0, 0.05) is 12.2 Å². The Labute approximate surface area is 198 Å². The number of ether oxygens (including phenoxy) is 5. The maximum Gasteiger partial charge on any atom is 0.513 e. The average molecular weight is 494 g/mol. The second-order valence-electron chi connectivity index (χ2n) is 6.54. The van der Waals surface area contributed by atoms with Crippen LogP contribution < -0.4 is 9.47 Å². The maximum atomic E-state index is 13.4. The predicted octanol–water partition coefficient (Wildman–Crippen LogP) is 4.73.